The highest BCUT2D eigenvalue weighted by Gasteiger charge is 2.50. The monoisotopic (exact) mass is 458 g/mol. The van der Waals surface area contributed by atoms with E-state index in [-0.39, 0.29) is 12.2 Å². The predicted octanol–water partition coefficient (Wildman–Crippen LogP) is -2.77. The van der Waals surface area contributed by atoms with Crippen LogP contribution in [0.3, 0.4) is 0 Å². The first-order valence-electron chi connectivity index (χ1n) is 10.4. The molecule has 180 valence electrons. The van der Waals surface area contributed by atoms with Gasteiger partial charge in [-0.3, -0.25) is 4.79 Å². The minimum Gasteiger partial charge on any atom is -0.394 e. The molecular weight excluding hydrogens is 428 g/mol. The van der Waals surface area contributed by atoms with Gasteiger partial charge < -0.3 is 50.0 Å². The molecule has 0 unspecified atom stereocenters. The summed E-state index contributed by atoms with van der Waals surface area (Å²) in [7, 11) is 0. The van der Waals surface area contributed by atoms with Gasteiger partial charge in [-0.2, -0.15) is 0 Å². The summed E-state index contributed by atoms with van der Waals surface area (Å²) in [5, 5.41) is 70.1. The van der Waals surface area contributed by atoms with E-state index in [0.29, 0.717) is 5.56 Å². The van der Waals surface area contributed by atoms with Crippen LogP contribution in [0, 0.1) is 6.92 Å². The van der Waals surface area contributed by atoms with Crippen molar-refractivity contribution in [2.45, 2.75) is 74.6 Å². The van der Waals surface area contributed by atoms with Crippen LogP contribution in [-0.4, -0.2) is 116 Å². The third kappa shape index (κ3) is 5.18. The first kappa shape index (κ1) is 25.1. The van der Waals surface area contributed by atoms with Gasteiger partial charge in [-0.05, 0) is 6.92 Å². The van der Waals surface area contributed by atoms with Crippen LogP contribution in [-0.2, 0) is 14.2 Å². The van der Waals surface area contributed by atoms with Crippen LogP contribution in [0.1, 0.15) is 22.3 Å². The van der Waals surface area contributed by atoms with E-state index in [1.807, 2.05) is 6.92 Å². The number of ketones is 1. The number of carbonyl (C=O) groups is 1. The van der Waals surface area contributed by atoms with Crippen molar-refractivity contribution >= 4 is 5.78 Å². The van der Waals surface area contributed by atoms with Crippen molar-refractivity contribution < 1.29 is 54.8 Å². The maximum Gasteiger partial charge on any atom is 0.187 e. The van der Waals surface area contributed by atoms with Crippen molar-refractivity contribution in [1.82, 2.24) is 0 Å². The van der Waals surface area contributed by atoms with Gasteiger partial charge in [-0.1, -0.05) is 29.8 Å². The molecule has 32 heavy (non-hydrogen) atoms. The molecule has 2 heterocycles. The Morgan fingerprint density at radius 3 is 2.00 bits per heavy atom. The zero-order valence-corrected chi connectivity index (χ0v) is 17.5. The Balaban J connectivity index is 1.69. The Hall–Kier alpha value is -1.51. The summed E-state index contributed by atoms with van der Waals surface area (Å²) in [6, 6.07) is 6.80. The zero-order chi connectivity index (χ0) is 23.6. The molecule has 0 saturated carbocycles. The molecule has 0 amide bonds. The standard InChI is InChI=1S/C21H30O11/c1-9-2-4-10(5-3-9)11(24)6-12-15(25)18(28)20(14(8-23)30-12)32-21-19(29)17(27)16(26)13(7-22)31-21/h2-5,12-23,25-29H,6-8H2,1H3/t12-,13+,14+,15-,16-,17-,18+,19+,20+,21-/m0/s1. The molecule has 2 fully saturated rings. The van der Waals surface area contributed by atoms with Crippen LogP contribution in [0.4, 0.5) is 0 Å². The quantitative estimate of drug-likeness (QED) is 0.210. The summed E-state index contributed by atoms with van der Waals surface area (Å²) in [5.41, 5.74) is 1.38. The van der Waals surface area contributed by atoms with E-state index in [4.69, 9.17) is 14.2 Å². The lowest BCUT2D eigenvalue weighted by Gasteiger charge is -2.46. The molecule has 11 nitrogen and oxygen atoms in total. The number of carbonyl (C=O) groups excluding carboxylic acids is 1. The van der Waals surface area contributed by atoms with Crippen LogP contribution < -0.4 is 0 Å². The molecule has 0 radical (unpaired) electrons. The fraction of sp³-hybridized carbons (Fsp3) is 0.667. The summed E-state index contributed by atoms with van der Waals surface area (Å²) in [6.07, 6.45) is -15.1. The number of aryl methyl sites for hydroxylation is 1. The molecular formula is C21H30O11. The van der Waals surface area contributed by atoms with E-state index in [1.54, 1.807) is 24.3 Å². The first-order chi connectivity index (χ1) is 15.2. The van der Waals surface area contributed by atoms with E-state index >= 15 is 0 Å². The van der Waals surface area contributed by atoms with Crippen LogP contribution in [0.15, 0.2) is 24.3 Å². The topological polar surface area (TPSA) is 186 Å². The largest absolute Gasteiger partial charge is 0.394 e. The van der Waals surface area contributed by atoms with Crippen molar-refractivity contribution in [3.8, 4) is 0 Å². The van der Waals surface area contributed by atoms with Crippen LogP contribution in [0.5, 0.6) is 0 Å². The average Bonchev–Trinajstić information content (AvgIpc) is 2.79. The first-order valence-corrected chi connectivity index (χ1v) is 10.4. The number of hydrogen-bond donors (Lipinski definition) is 7. The third-order valence-electron chi connectivity index (χ3n) is 5.86. The van der Waals surface area contributed by atoms with Crippen molar-refractivity contribution in [3.63, 3.8) is 0 Å². The maximum atomic E-state index is 12.6. The molecule has 1 aromatic carbocycles. The Bertz CT molecular complexity index is 753. The summed E-state index contributed by atoms with van der Waals surface area (Å²) in [4.78, 5) is 12.6. The summed E-state index contributed by atoms with van der Waals surface area (Å²) in [6.45, 7) is 0.547. The molecule has 0 aromatic heterocycles. The molecule has 2 aliphatic heterocycles. The van der Waals surface area contributed by atoms with E-state index < -0.39 is 74.4 Å². The highest BCUT2D eigenvalue weighted by atomic mass is 16.7. The minimum absolute atomic E-state index is 0.259. The lowest BCUT2D eigenvalue weighted by Crippen LogP contribution is -2.64. The molecule has 0 bridgehead atoms. The smallest absolute Gasteiger partial charge is 0.187 e. The lowest BCUT2D eigenvalue weighted by atomic mass is 9.91. The highest BCUT2D eigenvalue weighted by molar-refractivity contribution is 5.96. The normalized spacial score (nSPS) is 40.2. The van der Waals surface area contributed by atoms with Gasteiger partial charge in [0.25, 0.3) is 0 Å². The van der Waals surface area contributed by atoms with Crippen molar-refractivity contribution in [2.75, 3.05) is 13.2 Å². The SMILES string of the molecule is Cc1ccc(C(=O)C[C@@H]2O[C@H](CO)[C@@H](O[C@@H]3O[C@H](CO)[C@H](O)[C@H](O)[C@H]3O)[C@H](O)[C@H]2O)cc1. The van der Waals surface area contributed by atoms with Gasteiger partial charge >= 0.3 is 0 Å². The van der Waals surface area contributed by atoms with Crippen LogP contribution in [0.25, 0.3) is 0 Å². The van der Waals surface area contributed by atoms with Crippen LogP contribution in [0.2, 0.25) is 0 Å². The molecule has 7 N–H and O–H groups in total. The van der Waals surface area contributed by atoms with Gasteiger partial charge in [0, 0.05) is 12.0 Å². The van der Waals surface area contributed by atoms with Gasteiger partial charge in [0.15, 0.2) is 12.1 Å². The van der Waals surface area contributed by atoms with Gasteiger partial charge in [-0.25, -0.2) is 0 Å². The van der Waals surface area contributed by atoms with Crippen molar-refractivity contribution in [3.05, 3.63) is 35.4 Å². The van der Waals surface area contributed by atoms with Crippen molar-refractivity contribution in [1.29, 1.82) is 0 Å². The van der Waals surface area contributed by atoms with E-state index in [2.05, 4.69) is 0 Å². The molecule has 2 saturated heterocycles. The fourth-order valence-electron chi connectivity index (χ4n) is 3.88. The van der Waals surface area contributed by atoms with E-state index in [1.165, 1.54) is 0 Å². The molecule has 10 atom stereocenters. The molecule has 11 heteroatoms. The lowest BCUT2D eigenvalue weighted by molar-refractivity contribution is -0.341. The van der Waals surface area contributed by atoms with Gasteiger partial charge in [0.05, 0.1) is 19.3 Å². The molecule has 3 rings (SSSR count). The number of rotatable bonds is 7. The average molecular weight is 458 g/mol. The summed E-state index contributed by atoms with van der Waals surface area (Å²) >= 11 is 0. The summed E-state index contributed by atoms with van der Waals surface area (Å²) < 4.78 is 16.4. The van der Waals surface area contributed by atoms with E-state index in [9.17, 15) is 40.5 Å². The summed E-state index contributed by atoms with van der Waals surface area (Å²) in [5.74, 6) is -0.328. The van der Waals surface area contributed by atoms with Gasteiger partial charge in [0.2, 0.25) is 0 Å². The number of aliphatic hydroxyl groups is 7. The molecule has 0 aliphatic carbocycles. The fourth-order valence-corrected chi connectivity index (χ4v) is 3.88. The van der Waals surface area contributed by atoms with Crippen LogP contribution >= 0.6 is 0 Å². The van der Waals surface area contributed by atoms with Crippen molar-refractivity contribution in [2.24, 2.45) is 0 Å². The second-order valence-corrected chi connectivity index (χ2v) is 8.17. The molecule has 0 spiro atoms. The molecule has 2 aliphatic rings. The Labute approximate surface area is 184 Å². The third-order valence-corrected chi connectivity index (χ3v) is 5.86. The zero-order valence-electron chi connectivity index (χ0n) is 17.5. The second-order valence-electron chi connectivity index (χ2n) is 8.17. The Morgan fingerprint density at radius 2 is 1.41 bits per heavy atom. The molecule has 1 aromatic rings. The van der Waals surface area contributed by atoms with Gasteiger partial charge in [0.1, 0.15) is 48.8 Å². The number of ether oxygens (including phenoxy) is 3. The number of hydrogen-bond acceptors (Lipinski definition) is 11. The van der Waals surface area contributed by atoms with Gasteiger partial charge in [-0.15, -0.1) is 0 Å². The Kier molecular flexibility index (Phi) is 8.33. The number of Topliss-reactive ketones (excluding diaryl/α,β-unsaturated/α-hetero) is 1. The maximum absolute atomic E-state index is 12.6. The minimum atomic E-state index is -1.74. The van der Waals surface area contributed by atoms with E-state index in [0.717, 1.165) is 5.56 Å². The highest BCUT2D eigenvalue weighted by Crippen LogP contribution is 2.30. The predicted molar refractivity (Wildman–Crippen MR) is 107 cm³/mol. The number of aliphatic hydroxyl groups excluding tert-OH is 7. The number of benzene rings is 1. The Morgan fingerprint density at radius 1 is 0.812 bits per heavy atom. The second kappa shape index (κ2) is 10.6.